The number of fused-ring (bicyclic) bond motifs is 5. The van der Waals surface area contributed by atoms with Crippen molar-refractivity contribution in [3.8, 4) is 17.0 Å². The number of methoxy groups -OCH3 is 1. The normalized spacial score (nSPS) is 20.8. The molecular weight excluding hydrogens is 717 g/mol. The Hall–Kier alpha value is -4.46. The molecule has 4 aromatic rings. The van der Waals surface area contributed by atoms with Crippen LogP contribution in [0.2, 0.25) is 0 Å². The van der Waals surface area contributed by atoms with Crippen LogP contribution >= 0.6 is 0 Å². The molecule has 2 aromatic carbocycles. The second-order valence-electron chi connectivity index (χ2n) is 16.1. The molecule has 0 bridgehead atoms. The van der Waals surface area contributed by atoms with Crippen LogP contribution in [0, 0.1) is 6.92 Å². The number of hydrogen-bond donors (Lipinski definition) is 1. The molecule has 8 rings (SSSR count). The van der Waals surface area contributed by atoms with Gasteiger partial charge in [-0.1, -0.05) is 25.3 Å². The fourth-order valence-electron chi connectivity index (χ4n) is 9.10. The van der Waals surface area contributed by atoms with Gasteiger partial charge in [0.2, 0.25) is 0 Å². The van der Waals surface area contributed by atoms with Crippen LogP contribution in [0.4, 0.5) is 0 Å². The number of benzene rings is 2. The number of aromatic nitrogens is 3. The van der Waals surface area contributed by atoms with Crippen LogP contribution in [-0.4, -0.2) is 90.3 Å². The molecule has 2 saturated carbocycles. The van der Waals surface area contributed by atoms with E-state index in [9.17, 15) is 18.0 Å². The SMILES string of the molecule is COc1ccc2c(c1)C=C(c1c(C(=O)N3C[C@@H](C)O[C@@H](C)C3)c(C)nn1C1CCC1)Cn1c-2c(C2CCCCC2)c2ccc(C(=O)NS(=O)(=O)N(C)C)cc21. The summed E-state index contributed by atoms with van der Waals surface area (Å²) in [6, 6.07) is 11.9. The molecule has 55 heavy (non-hydrogen) atoms. The minimum Gasteiger partial charge on any atom is -0.497 e. The standard InChI is InChI=1S/C42H52N6O6S/c1-25-22-46(23-26(2)54-25)42(50)37-27(3)43-48(32-13-10-14-32)39(37)31-19-30-20-33(53-6)16-18-34(30)40-38(28-11-8-7-9-12-28)35-17-15-29(21-36(35)47(40)24-31)41(49)44-55(51,52)45(4)5/h15-21,25-26,28,32H,7-14,22-24H2,1-6H3,(H,44,49)/t25-,26+. The summed E-state index contributed by atoms with van der Waals surface area (Å²) in [6.07, 6.45) is 10.7. The van der Waals surface area contributed by atoms with Crippen molar-refractivity contribution < 1.29 is 27.5 Å². The van der Waals surface area contributed by atoms with Crippen LogP contribution < -0.4 is 9.46 Å². The largest absolute Gasteiger partial charge is 0.497 e. The first-order valence-corrected chi connectivity index (χ1v) is 21.1. The van der Waals surface area contributed by atoms with Crippen LogP contribution in [-0.2, 0) is 21.5 Å². The van der Waals surface area contributed by atoms with Gasteiger partial charge >= 0.3 is 10.2 Å². The molecule has 13 heteroatoms. The van der Waals surface area contributed by atoms with Crippen LogP contribution in [0.3, 0.4) is 0 Å². The molecule has 1 saturated heterocycles. The number of carbonyl (C=O) groups is 2. The van der Waals surface area contributed by atoms with Gasteiger partial charge in [0.05, 0.1) is 54.5 Å². The number of morpholine rings is 1. The van der Waals surface area contributed by atoms with Crippen molar-refractivity contribution >= 4 is 44.6 Å². The Balaban J connectivity index is 1.37. The van der Waals surface area contributed by atoms with E-state index in [-0.39, 0.29) is 29.7 Å². The van der Waals surface area contributed by atoms with Gasteiger partial charge in [-0.2, -0.15) is 17.8 Å². The lowest BCUT2D eigenvalue weighted by molar-refractivity contribution is -0.0586. The van der Waals surface area contributed by atoms with E-state index in [4.69, 9.17) is 14.6 Å². The summed E-state index contributed by atoms with van der Waals surface area (Å²) >= 11 is 0. The number of carbonyl (C=O) groups excluding carboxylic acids is 2. The Kier molecular flexibility index (Phi) is 9.92. The highest BCUT2D eigenvalue weighted by molar-refractivity contribution is 7.87. The average molecular weight is 769 g/mol. The molecule has 2 aromatic heterocycles. The summed E-state index contributed by atoms with van der Waals surface area (Å²) in [6.45, 7) is 7.37. The molecular formula is C42H52N6O6S. The lowest BCUT2D eigenvalue weighted by atomic mass is 9.81. The number of aryl methyl sites for hydroxylation is 1. The lowest BCUT2D eigenvalue weighted by Crippen LogP contribution is -2.48. The number of nitrogens with zero attached hydrogens (tertiary/aromatic N) is 5. The topological polar surface area (TPSA) is 128 Å². The second kappa shape index (κ2) is 14.6. The monoisotopic (exact) mass is 768 g/mol. The number of ether oxygens (including phenoxy) is 2. The minimum atomic E-state index is -4.01. The highest BCUT2D eigenvalue weighted by Gasteiger charge is 2.37. The van der Waals surface area contributed by atoms with Gasteiger partial charge in [-0.25, -0.2) is 4.72 Å². The lowest BCUT2D eigenvalue weighted by Gasteiger charge is -2.35. The van der Waals surface area contributed by atoms with Crippen LogP contribution in [0.5, 0.6) is 5.75 Å². The highest BCUT2D eigenvalue weighted by atomic mass is 32.2. The number of amides is 2. The van der Waals surface area contributed by atoms with Gasteiger partial charge in [-0.3, -0.25) is 14.3 Å². The zero-order chi connectivity index (χ0) is 38.8. The second-order valence-corrected chi connectivity index (χ2v) is 17.9. The molecule has 4 aliphatic rings. The van der Waals surface area contributed by atoms with Crippen molar-refractivity contribution in [3.05, 3.63) is 70.0 Å². The van der Waals surface area contributed by atoms with Gasteiger partial charge in [-0.05, 0) is 112 Å². The summed E-state index contributed by atoms with van der Waals surface area (Å²) in [4.78, 5) is 30.2. The molecule has 4 heterocycles. The molecule has 0 spiro atoms. The van der Waals surface area contributed by atoms with Crippen molar-refractivity contribution in [2.24, 2.45) is 0 Å². The first-order chi connectivity index (χ1) is 26.3. The number of allylic oxidation sites excluding steroid dienone is 1. The molecule has 2 amide bonds. The van der Waals surface area contributed by atoms with Gasteiger partial charge in [0, 0.05) is 49.2 Å². The van der Waals surface area contributed by atoms with Gasteiger partial charge in [0.1, 0.15) is 5.75 Å². The van der Waals surface area contributed by atoms with Crippen molar-refractivity contribution in [1.82, 2.24) is 28.3 Å². The number of hydrogen-bond acceptors (Lipinski definition) is 7. The zero-order valence-electron chi connectivity index (χ0n) is 32.7. The van der Waals surface area contributed by atoms with Gasteiger partial charge in [0.15, 0.2) is 0 Å². The summed E-state index contributed by atoms with van der Waals surface area (Å²) in [5, 5.41) is 6.16. The van der Waals surface area contributed by atoms with Gasteiger partial charge in [-0.15, -0.1) is 0 Å². The highest BCUT2D eigenvalue weighted by Crippen LogP contribution is 2.48. The Labute approximate surface area is 323 Å². The fourth-order valence-corrected chi connectivity index (χ4v) is 9.64. The van der Waals surface area contributed by atoms with E-state index in [1.807, 2.05) is 43.9 Å². The Morgan fingerprint density at radius 3 is 2.33 bits per heavy atom. The Morgan fingerprint density at radius 2 is 1.67 bits per heavy atom. The predicted octanol–water partition coefficient (Wildman–Crippen LogP) is 6.93. The Morgan fingerprint density at radius 1 is 0.945 bits per heavy atom. The summed E-state index contributed by atoms with van der Waals surface area (Å²) in [5.74, 6) is 0.302. The first-order valence-electron chi connectivity index (χ1n) is 19.7. The maximum absolute atomic E-state index is 14.8. The van der Waals surface area contributed by atoms with E-state index in [2.05, 4.69) is 32.2 Å². The van der Waals surface area contributed by atoms with Gasteiger partial charge < -0.3 is 18.9 Å². The van der Waals surface area contributed by atoms with Crippen LogP contribution in [0.15, 0.2) is 36.4 Å². The molecule has 12 nitrogen and oxygen atoms in total. The number of nitrogens with one attached hydrogen (secondary N) is 1. The maximum Gasteiger partial charge on any atom is 0.303 e. The van der Waals surface area contributed by atoms with Crippen molar-refractivity contribution in [1.29, 1.82) is 0 Å². The minimum absolute atomic E-state index is 0.0439. The van der Waals surface area contributed by atoms with Gasteiger partial charge in [0.25, 0.3) is 11.8 Å². The third-order valence-electron chi connectivity index (χ3n) is 12.0. The third kappa shape index (κ3) is 6.78. The third-order valence-corrected chi connectivity index (χ3v) is 13.4. The van der Waals surface area contributed by atoms with Crippen LogP contribution in [0.1, 0.15) is 120 Å². The first kappa shape index (κ1) is 37.5. The summed E-state index contributed by atoms with van der Waals surface area (Å²) in [5.41, 5.74) is 8.54. The molecule has 2 aliphatic heterocycles. The molecule has 1 N–H and O–H groups in total. The molecule has 2 atom stereocenters. The predicted molar refractivity (Wildman–Crippen MR) is 213 cm³/mol. The zero-order valence-corrected chi connectivity index (χ0v) is 33.5. The molecule has 292 valence electrons. The van der Waals surface area contributed by atoms with E-state index >= 15 is 0 Å². The summed E-state index contributed by atoms with van der Waals surface area (Å²) in [7, 11) is 0.437. The van der Waals surface area contributed by atoms with E-state index in [0.717, 1.165) is 94.0 Å². The average Bonchev–Trinajstić information content (AvgIpc) is 3.57. The van der Waals surface area contributed by atoms with Crippen LogP contribution in [0.25, 0.3) is 33.8 Å². The quantitative estimate of drug-likeness (QED) is 0.206. The fraction of sp³-hybridized carbons (Fsp3) is 0.500. The Bertz CT molecular complexity index is 2300. The molecule has 0 unspecified atom stereocenters. The molecule has 3 fully saturated rings. The van der Waals surface area contributed by atoms with Crippen molar-refractivity contribution in [2.75, 3.05) is 34.3 Å². The van der Waals surface area contributed by atoms with E-state index in [0.29, 0.717) is 36.8 Å². The maximum atomic E-state index is 14.8. The molecule has 2 aliphatic carbocycles. The van der Waals surface area contributed by atoms with E-state index in [1.165, 1.54) is 26.1 Å². The van der Waals surface area contributed by atoms with E-state index < -0.39 is 16.1 Å². The molecule has 0 radical (unpaired) electrons. The van der Waals surface area contributed by atoms with Crippen molar-refractivity contribution in [3.63, 3.8) is 0 Å². The summed E-state index contributed by atoms with van der Waals surface area (Å²) < 4.78 is 44.9. The smallest absolute Gasteiger partial charge is 0.303 e. The van der Waals surface area contributed by atoms with Crippen molar-refractivity contribution in [2.45, 2.75) is 103 Å². The number of rotatable bonds is 8. The van der Waals surface area contributed by atoms with E-state index in [1.54, 1.807) is 13.2 Å².